The molecule has 0 fully saturated rings. The molecule has 0 radical (unpaired) electrons. The first kappa shape index (κ1) is 17.9. The molecule has 2 rings (SSSR count). The Labute approximate surface area is 137 Å². The van der Waals surface area contributed by atoms with E-state index in [1.54, 1.807) is 4.57 Å². The molecule has 24 heavy (non-hydrogen) atoms. The minimum atomic E-state index is -1.40. The summed E-state index contributed by atoms with van der Waals surface area (Å²) in [5.74, 6) is -3.63. The second kappa shape index (κ2) is 6.59. The number of aromatic nitrogens is 1. The number of fused-ring (bicyclic) bond motifs is 1. The van der Waals surface area contributed by atoms with Crippen LogP contribution in [-0.4, -0.2) is 22.7 Å². The molecule has 1 heterocycles. The van der Waals surface area contributed by atoms with E-state index >= 15 is 0 Å². The van der Waals surface area contributed by atoms with Crippen molar-refractivity contribution >= 4 is 22.6 Å². The maximum Gasteiger partial charge on any atom is 0.341 e. The number of carbonyl (C=O) groups is 1. The van der Waals surface area contributed by atoms with Crippen molar-refractivity contribution in [3.05, 3.63) is 39.2 Å². The Kier molecular flexibility index (Phi) is 4.91. The first-order chi connectivity index (χ1) is 11.3. The number of halogens is 2. The molecule has 5 nitrogen and oxygen atoms in total. The topological polar surface area (TPSA) is 71.3 Å². The number of carboxylic acid groups (broad SMARTS) is 1. The minimum Gasteiger partial charge on any atom is -0.477 e. The van der Waals surface area contributed by atoms with Gasteiger partial charge in [0.25, 0.3) is 0 Å². The summed E-state index contributed by atoms with van der Waals surface area (Å²) in [5, 5.41) is 11.7. The van der Waals surface area contributed by atoms with E-state index in [9.17, 15) is 23.5 Å². The van der Waals surface area contributed by atoms with Crippen LogP contribution in [0.2, 0.25) is 0 Å². The molecule has 0 atom stereocenters. The average Bonchev–Trinajstić information content (AvgIpc) is 2.55. The maximum atomic E-state index is 14.3. The van der Waals surface area contributed by atoms with Crippen molar-refractivity contribution in [2.45, 2.75) is 39.7 Å². The number of nitrogens with zero attached hydrogens (tertiary/aromatic N) is 1. The quantitative estimate of drug-likeness (QED) is 0.872. The molecule has 0 saturated carbocycles. The molecule has 130 valence electrons. The van der Waals surface area contributed by atoms with Gasteiger partial charge in [0.05, 0.1) is 16.6 Å². The van der Waals surface area contributed by atoms with Crippen molar-refractivity contribution in [1.29, 1.82) is 0 Å². The molecule has 0 aliphatic carbocycles. The van der Waals surface area contributed by atoms with E-state index in [-0.39, 0.29) is 28.2 Å². The third-order valence-corrected chi connectivity index (χ3v) is 4.40. The fraction of sp³-hybridized carbons (Fsp3) is 0.412. The van der Waals surface area contributed by atoms with Crippen molar-refractivity contribution in [1.82, 2.24) is 4.57 Å². The molecule has 0 saturated heterocycles. The third-order valence-electron chi connectivity index (χ3n) is 4.40. The number of rotatable bonds is 5. The highest BCUT2D eigenvalue weighted by Crippen LogP contribution is 2.33. The molecule has 2 aromatic rings. The Morgan fingerprint density at radius 3 is 2.33 bits per heavy atom. The van der Waals surface area contributed by atoms with Crippen molar-refractivity contribution in [2.24, 2.45) is 0 Å². The van der Waals surface area contributed by atoms with Crippen LogP contribution >= 0.6 is 0 Å². The van der Waals surface area contributed by atoms with Crippen molar-refractivity contribution in [3.8, 4) is 0 Å². The fourth-order valence-corrected chi connectivity index (χ4v) is 3.09. The average molecular weight is 338 g/mol. The van der Waals surface area contributed by atoms with Gasteiger partial charge in [0.2, 0.25) is 5.43 Å². The number of anilines is 1. The number of hydrogen-bond acceptors (Lipinski definition) is 3. The molecule has 0 aliphatic heterocycles. The molecule has 1 aromatic heterocycles. The van der Waals surface area contributed by atoms with Gasteiger partial charge in [-0.2, -0.15) is 0 Å². The van der Waals surface area contributed by atoms with Gasteiger partial charge in [0.1, 0.15) is 5.56 Å². The van der Waals surface area contributed by atoms with Crippen LogP contribution in [0, 0.1) is 18.6 Å². The van der Waals surface area contributed by atoms with Crippen LogP contribution < -0.4 is 10.7 Å². The highest BCUT2D eigenvalue weighted by molar-refractivity contribution is 5.99. The molecule has 0 amide bonds. The Morgan fingerprint density at radius 1 is 1.29 bits per heavy atom. The van der Waals surface area contributed by atoms with E-state index in [1.807, 2.05) is 13.8 Å². The number of aromatic carboxylic acids is 1. The van der Waals surface area contributed by atoms with Gasteiger partial charge < -0.3 is 15.0 Å². The molecule has 0 aliphatic rings. The van der Waals surface area contributed by atoms with Crippen LogP contribution in [0.5, 0.6) is 0 Å². The van der Waals surface area contributed by atoms with Gasteiger partial charge >= 0.3 is 5.97 Å². The lowest BCUT2D eigenvalue weighted by Gasteiger charge is -2.23. The number of carboxylic acids is 1. The van der Waals surface area contributed by atoms with Crippen molar-refractivity contribution in [3.63, 3.8) is 0 Å². The van der Waals surface area contributed by atoms with Crippen LogP contribution in [0.15, 0.2) is 11.0 Å². The Bertz CT molecular complexity index is 871. The van der Waals surface area contributed by atoms with Gasteiger partial charge in [-0.15, -0.1) is 0 Å². The summed E-state index contributed by atoms with van der Waals surface area (Å²) in [4.78, 5) is 24.0. The highest BCUT2D eigenvalue weighted by atomic mass is 19.2. The third kappa shape index (κ3) is 2.53. The monoisotopic (exact) mass is 338 g/mol. The zero-order valence-corrected chi connectivity index (χ0v) is 14.0. The number of hydrogen-bond donors (Lipinski definition) is 2. The van der Waals surface area contributed by atoms with E-state index in [4.69, 9.17) is 0 Å². The summed E-state index contributed by atoms with van der Waals surface area (Å²) >= 11 is 0. The van der Waals surface area contributed by atoms with E-state index in [2.05, 4.69) is 5.32 Å². The summed E-state index contributed by atoms with van der Waals surface area (Å²) in [7, 11) is 1.36. The lowest BCUT2D eigenvalue weighted by molar-refractivity contribution is 0.0694. The van der Waals surface area contributed by atoms with Crippen LogP contribution in [-0.2, 0) is 0 Å². The summed E-state index contributed by atoms with van der Waals surface area (Å²) in [6.45, 7) is 5.21. The van der Waals surface area contributed by atoms with Crippen LogP contribution in [0.3, 0.4) is 0 Å². The first-order valence-corrected chi connectivity index (χ1v) is 7.77. The molecule has 0 unspecified atom stereocenters. The Balaban J connectivity index is 3.18. The number of pyridine rings is 1. The molecule has 2 N–H and O–H groups in total. The zero-order chi connectivity index (χ0) is 18.2. The van der Waals surface area contributed by atoms with Crippen LogP contribution in [0.1, 0.15) is 48.7 Å². The maximum absolute atomic E-state index is 14.3. The summed E-state index contributed by atoms with van der Waals surface area (Å²) in [6.07, 6.45) is 2.54. The smallest absolute Gasteiger partial charge is 0.341 e. The van der Waals surface area contributed by atoms with Crippen LogP contribution in [0.25, 0.3) is 10.9 Å². The zero-order valence-electron chi connectivity index (χ0n) is 14.0. The van der Waals surface area contributed by atoms with E-state index in [1.165, 1.54) is 20.2 Å². The van der Waals surface area contributed by atoms with Gasteiger partial charge in [-0.25, -0.2) is 13.6 Å². The van der Waals surface area contributed by atoms with E-state index in [0.29, 0.717) is 12.8 Å². The normalized spacial score (nSPS) is 11.3. The predicted octanol–water partition coefficient (Wildman–Crippen LogP) is 3.69. The van der Waals surface area contributed by atoms with Gasteiger partial charge in [0, 0.05) is 24.8 Å². The summed E-state index contributed by atoms with van der Waals surface area (Å²) < 4.78 is 30.2. The molecule has 7 heteroatoms. The molecular weight excluding hydrogens is 318 g/mol. The lowest BCUT2D eigenvalue weighted by Crippen LogP contribution is -2.23. The number of nitrogens with one attached hydrogen (secondary N) is 1. The number of benzene rings is 1. The molecule has 0 bridgehead atoms. The lowest BCUT2D eigenvalue weighted by atomic mass is 10.0. The first-order valence-electron chi connectivity index (χ1n) is 7.77. The van der Waals surface area contributed by atoms with E-state index in [0.717, 1.165) is 0 Å². The van der Waals surface area contributed by atoms with Crippen molar-refractivity contribution in [2.75, 3.05) is 12.4 Å². The largest absolute Gasteiger partial charge is 0.477 e. The fourth-order valence-electron chi connectivity index (χ4n) is 3.09. The standard InChI is InChI=1S/C17H20F2N2O3/c1-5-9(6-2)21-7-10(17(23)24)16(22)11-14(20-4)13(19)12(18)8(3)15(11)21/h7,9,20H,5-6H2,1-4H3,(H,23,24). The highest BCUT2D eigenvalue weighted by Gasteiger charge is 2.26. The van der Waals surface area contributed by atoms with Crippen molar-refractivity contribution < 1.29 is 18.7 Å². The minimum absolute atomic E-state index is 0.0116. The van der Waals surface area contributed by atoms with E-state index < -0.39 is 28.6 Å². The SMILES string of the molecule is CCC(CC)n1cc(C(=O)O)c(=O)c2c(NC)c(F)c(F)c(C)c21. The summed E-state index contributed by atoms with van der Waals surface area (Å²) in [6, 6.07) is -0.139. The van der Waals surface area contributed by atoms with Crippen LogP contribution in [0.4, 0.5) is 14.5 Å². The molecule has 1 aromatic carbocycles. The summed E-state index contributed by atoms with van der Waals surface area (Å²) in [5.41, 5.74) is -1.40. The molecule has 0 spiro atoms. The molecular formula is C17H20F2N2O3. The van der Waals surface area contributed by atoms with Gasteiger partial charge in [-0.05, 0) is 19.8 Å². The van der Waals surface area contributed by atoms with Gasteiger partial charge in [-0.1, -0.05) is 13.8 Å². The second-order valence-corrected chi connectivity index (χ2v) is 5.66. The van der Waals surface area contributed by atoms with Gasteiger partial charge in [-0.3, -0.25) is 4.79 Å². The number of aryl methyl sites for hydroxylation is 1. The second-order valence-electron chi connectivity index (χ2n) is 5.66. The van der Waals surface area contributed by atoms with Gasteiger partial charge in [0.15, 0.2) is 11.6 Å². The predicted molar refractivity (Wildman–Crippen MR) is 89.0 cm³/mol. The Morgan fingerprint density at radius 2 is 1.88 bits per heavy atom. The Hall–Kier alpha value is -2.44.